The number of hydrogen-bond donors (Lipinski definition) is 1. The van der Waals surface area contributed by atoms with Gasteiger partial charge in [0.05, 0.1) is 6.61 Å². The van der Waals surface area contributed by atoms with Crippen molar-refractivity contribution in [1.29, 1.82) is 0 Å². The van der Waals surface area contributed by atoms with Crippen molar-refractivity contribution in [3.63, 3.8) is 0 Å². The van der Waals surface area contributed by atoms with Crippen molar-refractivity contribution < 1.29 is 14.3 Å². The molecule has 1 aromatic carbocycles. The first-order valence-electron chi connectivity index (χ1n) is 6.99. The smallest absolute Gasteiger partial charge is 0.349 e. The molecule has 0 spiro atoms. The fraction of sp³-hybridized carbons (Fsp3) is 0.176. The summed E-state index contributed by atoms with van der Waals surface area (Å²) >= 11 is 0. The highest BCUT2D eigenvalue weighted by Gasteiger charge is 2.29. The minimum absolute atomic E-state index is 0.0581. The van der Waals surface area contributed by atoms with Crippen molar-refractivity contribution in [2.24, 2.45) is 0 Å². The molecular formula is C17H15NO4. The Balaban J connectivity index is 2.01. The van der Waals surface area contributed by atoms with E-state index in [1.54, 1.807) is 19.1 Å². The Bertz CT molecular complexity index is 816. The molecule has 1 aliphatic rings. The second-order valence-electron chi connectivity index (χ2n) is 4.97. The van der Waals surface area contributed by atoms with Gasteiger partial charge in [-0.15, -0.1) is 0 Å². The molecule has 2 heterocycles. The molecule has 3 rings (SSSR count). The topological polar surface area (TPSA) is 68.4 Å². The van der Waals surface area contributed by atoms with Gasteiger partial charge in [0.2, 0.25) is 0 Å². The van der Waals surface area contributed by atoms with Gasteiger partial charge in [0.15, 0.2) is 0 Å². The number of carbonyl (C=O) groups is 1. The molecule has 1 aromatic heterocycles. The number of aryl methyl sites for hydroxylation is 1. The first-order valence-corrected chi connectivity index (χ1v) is 6.99. The van der Waals surface area contributed by atoms with E-state index < -0.39 is 11.5 Å². The third-order valence-corrected chi connectivity index (χ3v) is 3.33. The van der Waals surface area contributed by atoms with E-state index in [0.29, 0.717) is 23.6 Å². The fourth-order valence-corrected chi connectivity index (χ4v) is 2.38. The number of H-pyrrole nitrogens is 1. The largest absolute Gasteiger partial charge is 0.494 e. The number of carbonyl (C=O) groups excluding carboxylic acids is 1. The highest BCUT2D eigenvalue weighted by molar-refractivity contribution is 6.05. The van der Waals surface area contributed by atoms with Crippen LogP contribution in [0.2, 0.25) is 0 Å². The number of fused-ring (bicyclic) bond motifs is 1. The van der Waals surface area contributed by atoms with Gasteiger partial charge in [-0.05, 0) is 43.7 Å². The number of esters is 1. The summed E-state index contributed by atoms with van der Waals surface area (Å²) in [6, 6.07) is 9.16. The van der Waals surface area contributed by atoms with Crippen LogP contribution in [0.4, 0.5) is 0 Å². The molecule has 2 aromatic rings. The van der Waals surface area contributed by atoms with E-state index in [9.17, 15) is 9.59 Å². The first-order chi connectivity index (χ1) is 10.6. The second kappa shape index (κ2) is 5.52. The monoisotopic (exact) mass is 297 g/mol. The van der Waals surface area contributed by atoms with Crippen LogP contribution >= 0.6 is 0 Å². The standard InChI is InChI=1S/C17H15NO4/c1-3-21-12-6-4-11(5-7-12)9-14-13-8-10(2)18-16(19)15(13)17(20)22-14/h4-9H,3H2,1-2H3,(H,18,19). The number of aromatic nitrogens is 1. The van der Waals surface area contributed by atoms with Crippen molar-refractivity contribution >= 4 is 17.8 Å². The van der Waals surface area contributed by atoms with Crippen molar-refractivity contribution in [3.05, 3.63) is 63.1 Å². The Morgan fingerprint density at radius 3 is 2.64 bits per heavy atom. The van der Waals surface area contributed by atoms with E-state index in [0.717, 1.165) is 11.3 Å². The zero-order valence-electron chi connectivity index (χ0n) is 12.3. The highest BCUT2D eigenvalue weighted by atomic mass is 16.5. The Hall–Kier alpha value is -2.82. The van der Waals surface area contributed by atoms with Crippen LogP contribution in [0, 0.1) is 6.92 Å². The van der Waals surface area contributed by atoms with Gasteiger partial charge in [-0.1, -0.05) is 12.1 Å². The van der Waals surface area contributed by atoms with Gasteiger partial charge in [0.1, 0.15) is 17.1 Å². The maximum atomic E-state index is 11.9. The van der Waals surface area contributed by atoms with Gasteiger partial charge in [-0.2, -0.15) is 0 Å². The number of ether oxygens (including phenoxy) is 2. The molecular weight excluding hydrogens is 282 g/mol. The summed E-state index contributed by atoms with van der Waals surface area (Å²) in [7, 11) is 0. The molecule has 0 saturated heterocycles. The van der Waals surface area contributed by atoms with E-state index in [2.05, 4.69) is 4.98 Å². The van der Waals surface area contributed by atoms with Crippen LogP contribution in [0.1, 0.15) is 34.1 Å². The fourth-order valence-electron chi connectivity index (χ4n) is 2.38. The van der Waals surface area contributed by atoms with Crippen LogP contribution in [0.5, 0.6) is 5.75 Å². The van der Waals surface area contributed by atoms with Crippen LogP contribution in [0.25, 0.3) is 11.8 Å². The normalized spacial score (nSPS) is 14.8. The van der Waals surface area contributed by atoms with Gasteiger partial charge in [0, 0.05) is 11.3 Å². The number of rotatable bonds is 3. The third-order valence-electron chi connectivity index (χ3n) is 3.33. The lowest BCUT2D eigenvalue weighted by molar-refractivity contribution is 0.0715. The van der Waals surface area contributed by atoms with Gasteiger partial charge < -0.3 is 14.5 Å². The average Bonchev–Trinajstić information content (AvgIpc) is 2.77. The first kappa shape index (κ1) is 14.1. The predicted molar refractivity (Wildman–Crippen MR) is 82.7 cm³/mol. The molecule has 0 saturated carbocycles. The number of nitrogens with one attached hydrogen (secondary N) is 1. The van der Waals surface area contributed by atoms with Crippen molar-refractivity contribution in [2.75, 3.05) is 6.61 Å². The quantitative estimate of drug-likeness (QED) is 0.884. The van der Waals surface area contributed by atoms with Crippen LogP contribution in [-0.2, 0) is 4.74 Å². The van der Waals surface area contributed by atoms with Crippen molar-refractivity contribution in [3.8, 4) is 5.75 Å². The van der Waals surface area contributed by atoms with Gasteiger partial charge in [-0.3, -0.25) is 4.79 Å². The van der Waals surface area contributed by atoms with E-state index >= 15 is 0 Å². The van der Waals surface area contributed by atoms with Gasteiger partial charge >= 0.3 is 5.97 Å². The third kappa shape index (κ3) is 2.53. The lowest BCUT2D eigenvalue weighted by Crippen LogP contribution is -2.16. The number of aromatic amines is 1. The van der Waals surface area contributed by atoms with Crippen LogP contribution < -0.4 is 10.3 Å². The summed E-state index contributed by atoms with van der Waals surface area (Å²) in [5, 5.41) is 0. The van der Waals surface area contributed by atoms with Crippen molar-refractivity contribution in [1.82, 2.24) is 4.98 Å². The molecule has 112 valence electrons. The van der Waals surface area contributed by atoms with E-state index in [1.807, 2.05) is 31.2 Å². The minimum Gasteiger partial charge on any atom is -0.494 e. The molecule has 1 aliphatic heterocycles. The number of pyridine rings is 1. The summed E-state index contributed by atoms with van der Waals surface area (Å²) < 4.78 is 10.6. The molecule has 0 fully saturated rings. The second-order valence-corrected chi connectivity index (χ2v) is 4.97. The molecule has 0 radical (unpaired) electrons. The molecule has 0 amide bonds. The maximum absolute atomic E-state index is 11.9. The summed E-state index contributed by atoms with van der Waals surface area (Å²) in [4.78, 5) is 26.3. The Labute approximate surface area is 127 Å². The number of benzene rings is 1. The zero-order chi connectivity index (χ0) is 15.7. The maximum Gasteiger partial charge on any atom is 0.349 e. The number of hydrogen-bond acceptors (Lipinski definition) is 4. The average molecular weight is 297 g/mol. The Morgan fingerprint density at radius 2 is 1.95 bits per heavy atom. The van der Waals surface area contributed by atoms with E-state index in [4.69, 9.17) is 9.47 Å². The number of cyclic esters (lactones) is 1. The zero-order valence-corrected chi connectivity index (χ0v) is 12.3. The molecule has 1 N–H and O–H groups in total. The molecule has 0 bridgehead atoms. The Kier molecular flexibility index (Phi) is 3.55. The van der Waals surface area contributed by atoms with E-state index in [1.165, 1.54) is 0 Å². The predicted octanol–water partition coefficient (Wildman–Crippen LogP) is 2.75. The van der Waals surface area contributed by atoms with E-state index in [-0.39, 0.29) is 5.56 Å². The van der Waals surface area contributed by atoms with Crippen molar-refractivity contribution in [2.45, 2.75) is 13.8 Å². The lowest BCUT2D eigenvalue weighted by atomic mass is 10.1. The summed E-state index contributed by atoms with van der Waals surface area (Å²) in [5.74, 6) is 0.549. The SMILES string of the molecule is CCOc1ccc(C=C2OC(=O)c3c2cc(C)[nH]c3=O)cc1. The summed E-state index contributed by atoms with van der Waals surface area (Å²) in [5.41, 5.74) is 1.70. The molecule has 0 atom stereocenters. The van der Waals surface area contributed by atoms with Crippen LogP contribution in [0.3, 0.4) is 0 Å². The molecule has 0 unspecified atom stereocenters. The minimum atomic E-state index is -0.617. The summed E-state index contributed by atoms with van der Waals surface area (Å²) in [6.45, 7) is 4.29. The molecule has 22 heavy (non-hydrogen) atoms. The van der Waals surface area contributed by atoms with Gasteiger partial charge in [-0.25, -0.2) is 4.79 Å². The van der Waals surface area contributed by atoms with Crippen LogP contribution in [-0.4, -0.2) is 17.6 Å². The van der Waals surface area contributed by atoms with Gasteiger partial charge in [0.25, 0.3) is 5.56 Å². The molecule has 5 heteroatoms. The molecule has 5 nitrogen and oxygen atoms in total. The molecule has 0 aliphatic carbocycles. The van der Waals surface area contributed by atoms with Crippen LogP contribution in [0.15, 0.2) is 35.1 Å². The summed E-state index contributed by atoms with van der Waals surface area (Å²) in [6.07, 6.45) is 1.73. The highest BCUT2D eigenvalue weighted by Crippen LogP contribution is 2.29. The Morgan fingerprint density at radius 1 is 1.23 bits per heavy atom. The lowest BCUT2D eigenvalue weighted by Gasteiger charge is -2.03.